The SMILES string of the molecule is CCn1c(COc2cc(C)ccc2C)nnc1SCC(=O)Nc1cccc(C(C)=O)c1. The van der Waals surface area contributed by atoms with Crippen LogP contribution in [0, 0.1) is 13.8 Å². The quantitative estimate of drug-likeness (QED) is 0.393. The zero-order valence-electron chi connectivity index (χ0n) is 18.1. The van der Waals surface area contributed by atoms with Gasteiger partial charge >= 0.3 is 0 Å². The second-order valence-corrected chi connectivity index (χ2v) is 8.12. The van der Waals surface area contributed by atoms with Crippen molar-refractivity contribution in [3.05, 3.63) is 65.0 Å². The number of anilines is 1. The van der Waals surface area contributed by atoms with Crippen molar-refractivity contribution < 1.29 is 14.3 Å². The van der Waals surface area contributed by atoms with Crippen molar-refractivity contribution in [2.45, 2.75) is 46.0 Å². The van der Waals surface area contributed by atoms with Crippen LogP contribution in [-0.4, -0.2) is 32.2 Å². The average Bonchev–Trinajstić information content (AvgIpc) is 3.14. The zero-order chi connectivity index (χ0) is 22.4. The van der Waals surface area contributed by atoms with E-state index in [0.29, 0.717) is 35.4 Å². The fraction of sp³-hybridized carbons (Fsp3) is 0.304. The van der Waals surface area contributed by atoms with Crippen molar-refractivity contribution in [3.63, 3.8) is 0 Å². The molecule has 0 bridgehead atoms. The number of carbonyl (C=O) groups is 2. The molecule has 0 aliphatic heterocycles. The summed E-state index contributed by atoms with van der Waals surface area (Å²) in [6, 6.07) is 13.0. The van der Waals surface area contributed by atoms with E-state index in [0.717, 1.165) is 16.9 Å². The van der Waals surface area contributed by atoms with Crippen LogP contribution in [0.15, 0.2) is 47.6 Å². The van der Waals surface area contributed by atoms with Crippen molar-refractivity contribution >= 4 is 29.1 Å². The molecule has 0 fully saturated rings. The molecule has 0 aliphatic carbocycles. The number of nitrogens with zero attached hydrogens (tertiary/aromatic N) is 3. The minimum absolute atomic E-state index is 0.0443. The highest BCUT2D eigenvalue weighted by molar-refractivity contribution is 7.99. The lowest BCUT2D eigenvalue weighted by Gasteiger charge is -2.11. The second-order valence-electron chi connectivity index (χ2n) is 7.17. The molecule has 0 aliphatic rings. The second kappa shape index (κ2) is 10.3. The third-order valence-electron chi connectivity index (χ3n) is 4.70. The van der Waals surface area contributed by atoms with E-state index in [4.69, 9.17) is 4.74 Å². The molecule has 0 unspecified atom stereocenters. The van der Waals surface area contributed by atoms with Gasteiger partial charge in [0.25, 0.3) is 0 Å². The molecule has 0 saturated carbocycles. The fourth-order valence-corrected chi connectivity index (χ4v) is 3.82. The Kier molecular flexibility index (Phi) is 7.46. The van der Waals surface area contributed by atoms with Gasteiger partial charge in [-0.15, -0.1) is 10.2 Å². The molecular formula is C23H26N4O3S. The molecular weight excluding hydrogens is 412 g/mol. The van der Waals surface area contributed by atoms with Crippen LogP contribution in [-0.2, 0) is 17.9 Å². The highest BCUT2D eigenvalue weighted by atomic mass is 32.2. The first-order chi connectivity index (χ1) is 14.9. The number of hydrogen-bond acceptors (Lipinski definition) is 6. The summed E-state index contributed by atoms with van der Waals surface area (Å²) in [7, 11) is 0. The number of aromatic nitrogens is 3. The first-order valence-corrected chi connectivity index (χ1v) is 11.0. The van der Waals surface area contributed by atoms with Crippen LogP contribution in [0.4, 0.5) is 5.69 Å². The van der Waals surface area contributed by atoms with Gasteiger partial charge in [-0.1, -0.05) is 36.0 Å². The molecule has 0 radical (unpaired) electrons. The molecule has 0 atom stereocenters. The molecule has 0 spiro atoms. The minimum Gasteiger partial charge on any atom is -0.485 e. The Labute approximate surface area is 186 Å². The fourth-order valence-electron chi connectivity index (χ4n) is 3.00. The topological polar surface area (TPSA) is 86.1 Å². The van der Waals surface area contributed by atoms with Crippen molar-refractivity contribution in [3.8, 4) is 5.75 Å². The predicted molar refractivity (Wildman–Crippen MR) is 122 cm³/mol. The largest absolute Gasteiger partial charge is 0.485 e. The van der Waals surface area contributed by atoms with Gasteiger partial charge in [0.15, 0.2) is 16.8 Å². The number of aryl methyl sites for hydroxylation is 2. The molecule has 2 aromatic carbocycles. The Balaban J connectivity index is 1.60. The van der Waals surface area contributed by atoms with Crippen molar-refractivity contribution in [1.82, 2.24) is 14.8 Å². The summed E-state index contributed by atoms with van der Waals surface area (Å²) < 4.78 is 7.90. The van der Waals surface area contributed by atoms with Gasteiger partial charge in [-0.25, -0.2) is 0 Å². The van der Waals surface area contributed by atoms with E-state index in [1.807, 2.05) is 43.5 Å². The Morgan fingerprint density at radius 2 is 1.94 bits per heavy atom. The number of benzene rings is 2. The van der Waals surface area contributed by atoms with Crippen LogP contribution in [0.5, 0.6) is 5.75 Å². The molecule has 3 rings (SSSR count). The molecule has 1 heterocycles. The summed E-state index contributed by atoms with van der Waals surface area (Å²) in [5, 5.41) is 11.9. The number of thioether (sulfide) groups is 1. The smallest absolute Gasteiger partial charge is 0.234 e. The van der Waals surface area contributed by atoms with Gasteiger partial charge in [0.1, 0.15) is 12.4 Å². The summed E-state index contributed by atoms with van der Waals surface area (Å²) in [6.07, 6.45) is 0. The summed E-state index contributed by atoms with van der Waals surface area (Å²) in [6.45, 7) is 8.50. The Hall–Kier alpha value is -3.13. The van der Waals surface area contributed by atoms with Crippen molar-refractivity contribution in [1.29, 1.82) is 0 Å². The average molecular weight is 439 g/mol. The lowest BCUT2D eigenvalue weighted by atomic mass is 10.1. The van der Waals surface area contributed by atoms with Crippen LogP contribution in [0.3, 0.4) is 0 Å². The Bertz CT molecular complexity index is 1090. The number of Topliss-reactive ketones (excluding diaryl/α,β-unsaturated/α-hetero) is 1. The molecule has 1 N–H and O–H groups in total. The maximum atomic E-state index is 12.4. The van der Waals surface area contributed by atoms with Gasteiger partial charge in [-0.3, -0.25) is 9.59 Å². The lowest BCUT2D eigenvalue weighted by Crippen LogP contribution is -2.15. The zero-order valence-corrected chi connectivity index (χ0v) is 19.0. The van der Waals surface area contributed by atoms with Gasteiger partial charge < -0.3 is 14.6 Å². The van der Waals surface area contributed by atoms with E-state index in [1.54, 1.807) is 24.3 Å². The highest BCUT2D eigenvalue weighted by Gasteiger charge is 2.14. The van der Waals surface area contributed by atoms with E-state index in [1.165, 1.54) is 18.7 Å². The van der Waals surface area contributed by atoms with Crippen LogP contribution in [0.25, 0.3) is 0 Å². The van der Waals surface area contributed by atoms with Gasteiger partial charge in [-0.05, 0) is 57.0 Å². The van der Waals surface area contributed by atoms with E-state index >= 15 is 0 Å². The van der Waals surface area contributed by atoms with Crippen molar-refractivity contribution in [2.75, 3.05) is 11.1 Å². The van der Waals surface area contributed by atoms with Crippen molar-refractivity contribution in [2.24, 2.45) is 0 Å². The van der Waals surface area contributed by atoms with Gasteiger partial charge in [0, 0.05) is 17.8 Å². The maximum absolute atomic E-state index is 12.4. The Morgan fingerprint density at radius 3 is 2.68 bits per heavy atom. The monoisotopic (exact) mass is 438 g/mol. The number of amides is 1. The van der Waals surface area contributed by atoms with Crippen LogP contribution < -0.4 is 10.1 Å². The maximum Gasteiger partial charge on any atom is 0.234 e. The van der Waals surface area contributed by atoms with E-state index in [2.05, 4.69) is 15.5 Å². The minimum atomic E-state index is -0.176. The molecule has 1 amide bonds. The van der Waals surface area contributed by atoms with E-state index in [9.17, 15) is 9.59 Å². The summed E-state index contributed by atoms with van der Waals surface area (Å²) >= 11 is 1.31. The third kappa shape index (κ3) is 5.95. The molecule has 0 saturated heterocycles. The predicted octanol–water partition coefficient (Wildman–Crippen LogP) is 4.43. The molecule has 7 nitrogen and oxygen atoms in total. The standard InChI is InChI=1S/C23H26N4O3S/c1-5-27-21(13-30-20-11-15(2)9-10-16(20)3)25-26-23(27)31-14-22(29)24-19-8-6-7-18(12-19)17(4)28/h6-12H,5,13-14H2,1-4H3,(H,24,29). The van der Waals surface area contributed by atoms with Crippen LogP contribution in [0.1, 0.15) is 41.2 Å². The van der Waals surface area contributed by atoms with E-state index in [-0.39, 0.29) is 17.4 Å². The number of rotatable bonds is 9. The first kappa shape index (κ1) is 22.6. The molecule has 31 heavy (non-hydrogen) atoms. The molecule has 8 heteroatoms. The molecule has 1 aromatic heterocycles. The number of hydrogen-bond donors (Lipinski definition) is 1. The number of carbonyl (C=O) groups excluding carboxylic acids is 2. The summed E-state index contributed by atoms with van der Waals surface area (Å²) in [5.41, 5.74) is 3.35. The highest BCUT2D eigenvalue weighted by Crippen LogP contribution is 2.22. The number of ether oxygens (including phenoxy) is 1. The van der Waals surface area contributed by atoms with Gasteiger partial charge in [-0.2, -0.15) is 0 Å². The number of ketones is 1. The number of nitrogens with one attached hydrogen (secondary N) is 1. The normalized spacial score (nSPS) is 10.7. The van der Waals surface area contributed by atoms with Gasteiger partial charge in [0.2, 0.25) is 5.91 Å². The first-order valence-electron chi connectivity index (χ1n) is 10.0. The van der Waals surface area contributed by atoms with Gasteiger partial charge in [0.05, 0.1) is 5.75 Å². The van der Waals surface area contributed by atoms with Crippen LogP contribution >= 0.6 is 11.8 Å². The summed E-state index contributed by atoms with van der Waals surface area (Å²) in [5.74, 6) is 1.49. The Morgan fingerprint density at radius 1 is 1.13 bits per heavy atom. The molecule has 162 valence electrons. The van der Waals surface area contributed by atoms with Crippen LogP contribution in [0.2, 0.25) is 0 Å². The lowest BCUT2D eigenvalue weighted by molar-refractivity contribution is -0.113. The third-order valence-corrected chi connectivity index (χ3v) is 5.66. The van der Waals surface area contributed by atoms with E-state index < -0.39 is 0 Å². The molecule has 3 aromatic rings. The summed E-state index contributed by atoms with van der Waals surface area (Å²) in [4.78, 5) is 23.9.